The van der Waals surface area contributed by atoms with E-state index in [4.69, 9.17) is 0 Å². The van der Waals surface area contributed by atoms with Gasteiger partial charge in [-0.3, -0.25) is 4.79 Å². The molecule has 0 radical (unpaired) electrons. The maximum absolute atomic E-state index is 12.5. The SMILES string of the molecule is CCCCCN(C(=O)c1ccc(NCC)nn1)C(C)C. The van der Waals surface area contributed by atoms with Crippen LogP contribution in [-0.4, -0.2) is 40.1 Å². The first-order valence-corrected chi connectivity index (χ1v) is 7.48. The molecule has 0 aliphatic carbocycles. The zero-order valence-corrected chi connectivity index (χ0v) is 13.0. The Labute approximate surface area is 121 Å². The zero-order valence-electron chi connectivity index (χ0n) is 13.0. The Morgan fingerprint density at radius 3 is 2.50 bits per heavy atom. The summed E-state index contributed by atoms with van der Waals surface area (Å²) in [6, 6.07) is 3.71. The Morgan fingerprint density at radius 1 is 1.25 bits per heavy atom. The number of anilines is 1. The largest absolute Gasteiger partial charge is 0.369 e. The van der Waals surface area contributed by atoms with Crippen LogP contribution in [0.25, 0.3) is 0 Å². The highest BCUT2D eigenvalue weighted by Crippen LogP contribution is 2.10. The summed E-state index contributed by atoms with van der Waals surface area (Å²) in [5.41, 5.74) is 0.414. The smallest absolute Gasteiger partial charge is 0.274 e. The highest BCUT2D eigenvalue weighted by molar-refractivity contribution is 5.92. The number of hydrogen-bond acceptors (Lipinski definition) is 4. The van der Waals surface area contributed by atoms with Crippen molar-refractivity contribution in [1.82, 2.24) is 15.1 Å². The molecule has 0 atom stereocenters. The van der Waals surface area contributed by atoms with Gasteiger partial charge < -0.3 is 10.2 Å². The van der Waals surface area contributed by atoms with E-state index in [2.05, 4.69) is 22.4 Å². The highest BCUT2D eigenvalue weighted by Gasteiger charge is 2.19. The van der Waals surface area contributed by atoms with Gasteiger partial charge >= 0.3 is 0 Å². The lowest BCUT2D eigenvalue weighted by Crippen LogP contribution is -2.38. The van der Waals surface area contributed by atoms with E-state index in [1.807, 2.05) is 25.7 Å². The van der Waals surface area contributed by atoms with Crippen molar-refractivity contribution in [3.63, 3.8) is 0 Å². The number of carbonyl (C=O) groups is 1. The average Bonchev–Trinajstić information content (AvgIpc) is 2.44. The summed E-state index contributed by atoms with van der Waals surface area (Å²) in [6.45, 7) is 9.79. The summed E-state index contributed by atoms with van der Waals surface area (Å²) >= 11 is 0. The Balaban J connectivity index is 2.72. The maximum atomic E-state index is 12.5. The van der Waals surface area contributed by atoms with Crippen molar-refractivity contribution in [2.24, 2.45) is 0 Å². The van der Waals surface area contributed by atoms with E-state index >= 15 is 0 Å². The van der Waals surface area contributed by atoms with E-state index in [-0.39, 0.29) is 11.9 Å². The Bertz CT molecular complexity index is 403. The molecule has 1 aromatic rings. The fourth-order valence-corrected chi connectivity index (χ4v) is 2.00. The molecule has 5 heteroatoms. The Hall–Kier alpha value is -1.65. The Kier molecular flexibility index (Phi) is 6.98. The van der Waals surface area contributed by atoms with Crippen LogP contribution in [-0.2, 0) is 0 Å². The molecular formula is C15H26N4O. The topological polar surface area (TPSA) is 58.1 Å². The minimum absolute atomic E-state index is 0.0355. The van der Waals surface area contributed by atoms with Crippen molar-refractivity contribution in [2.75, 3.05) is 18.4 Å². The second-order valence-electron chi connectivity index (χ2n) is 5.13. The van der Waals surface area contributed by atoms with Gasteiger partial charge in [-0.05, 0) is 39.3 Å². The van der Waals surface area contributed by atoms with Crippen molar-refractivity contribution in [1.29, 1.82) is 0 Å². The fraction of sp³-hybridized carbons (Fsp3) is 0.667. The van der Waals surface area contributed by atoms with Crippen molar-refractivity contribution < 1.29 is 4.79 Å². The van der Waals surface area contributed by atoms with Gasteiger partial charge in [-0.15, -0.1) is 10.2 Å². The molecule has 0 aromatic carbocycles. The van der Waals surface area contributed by atoms with Crippen LogP contribution in [0.15, 0.2) is 12.1 Å². The van der Waals surface area contributed by atoms with Crippen LogP contribution >= 0.6 is 0 Å². The number of carbonyl (C=O) groups excluding carboxylic acids is 1. The van der Waals surface area contributed by atoms with E-state index in [0.29, 0.717) is 11.5 Å². The lowest BCUT2D eigenvalue weighted by molar-refractivity contribution is 0.0695. The van der Waals surface area contributed by atoms with Gasteiger partial charge in [0, 0.05) is 19.1 Å². The van der Waals surface area contributed by atoms with Crippen LogP contribution < -0.4 is 5.32 Å². The first-order chi connectivity index (χ1) is 9.60. The van der Waals surface area contributed by atoms with Gasteiger partial charge in [-0.25, -0.2) is 0 Å². The monoisotopic (exact) mass is 278 g/mol. The number of rotatable bonds is 8. The van der Waals surface area contributed by atoms with Crippen LogP contribution in [0.4, 0.5) is 5.82 Å². The van der Waals surface area contributed by atoms with Crippen molar-refractivity contribution in [3.8, 4) is 0 Å². The number of hydrogen-bond donors (Lipinski definition) is 1. The standard InChI is InChI=1S/C15H26N4O/c1-5-7-8-11-19(12(3)4)15(20)13-9-10-14(16-6-2)18-17-13/h9-10,12H,5-8,11H2,1-4H3,(H,16,18). The van der Waals surface area contributed by atoms with Gasteiger partial charge in [0.15, 0.2) is 5.69 Å². The van der Waals surface area contributed by atoms with Gasteiger partial charge in [-0.2, -0.15) is 0 Å². The molecule has 1 N–H and O–H groups in total. The third kappa shape index (κ3) is 4.79. The number of amides is 1. The minimum Gasteiger partial charge on any atom is -0.369 e. The highest BCUT2D eigenvalue weighted by atomic mass is 16.2. The zero-order chi connectivity index (χ0) is 15.0. The maximum Gasteiger partial charge on any atom is 0.274 e. The van der Waals surface area contributed by atoms with Gasteiger partial charge in [0.1, 0.15) is 5.82 Å². The summed E-state index contributed by atoms with van der Waals surface area (Å²) in [7, 11) is 0. The van der Waals surface area contributed by atoms with E-state index in [1.54, 1.807) is 12.1 Å². The lowest BCUT2D eigenvalue weighted by atomic mass is 10.2. The summed E-state index contributed by atoms with van der Waals surface area (Å²) in [5.74, 6) is 0.665. The van der Waals surface area contributed by atoms with Crippen molar-refractivity contribution in [2.45, 2.75) is 53.0 Å². The summed E-state index contributed by atoms with van der Waals surface area (Å²) in [5, 5.41) is 11.1. The number of nitrogens with zero attached hydrogens (tertiary/aromatic N) is 3. The van der Waals surface area contributed by atoms with Crippen LogP contribution in [0, 0.1) is 0 Å². The molecule has 20 heavy (non-hydrogen) atoms. The molecule has 0 aliphatic heterocycles. The molecule has 0 spiro atoms. The second kappa shape index (κ2) is 8.51. The molecule has 0 fully saturated rings. The predicted octanol–water partition coefficient (Wildman–Crippen LogP) is 2.95. The minimum atomic E-state index is -0.0355. The third-order valence-electron chi connectivity index (χ3n) is 3.13. The molecule has 1 rings (SSSR count). The van der Waals surface area contributed by atoms with Crippen LogP contribution in [0.3, 0.4) is 0 Å². The van der Waals surface area contributed by atoms with Gasteiger partial charge in [0.25, 0.3) is 5.91 Å². The van der Waals surface area contributed by atoms with Crippen molar-refractivity contribution >= 4 is 11.7 Å². The molecule has 5 nitrogen and oxygen atoms in total. The number of unbranched alkanes of at least 4 members (excludes halogenated alkanes) is 2. The first kappa shape index (κ1) is 16.4. The molecule has 0 bridgehead atoms. The summed E-state index contributed by atoms with van der Waals surface area (Å²) in [6.07, 6.45) is 3.32. The molecular weight excluding hydrogens is 252 g/mol. The molecule has 0 saturated carbocycles. The Morgan fingerprint density at radius 2 is 2.00 bits per heavy atom. The number of aromatic nitrogens is 2. The van der Waals surface area contributed by atoms with Crippen molar-refractivity contribution in [3.05, 3.63) is 17.8 Å². The number of nitrogens with one attached hydrogen (secondary N) is 1. The van der Waals surface area contributed by atoms with Crippen LogP contribution in [0.2, 0.25) is 0 Å². The van der Waals surface area contributed by atoms with E-state index in [1.165, 1.54) is 0 Å². The van der Waals surface area contributed by atoms with Gasteiger partial charge in [0.05, 0.1) is 0 Å². The molecule has 0 saturated heterocycles. The normalized spacial score (nSPS) is 10.7. The molecule has 1 amide bonds. The average molecular weight is 278 g/mol. The summed E-state index contributed by atoms with van der Waals surface area (Å²) < 4.78 is 0. The van der Waals surface area contributed by atoms with Crippen LogP contribution in [0.5, 0.6) is 0 Å². The van der Waals surface area contributed by atoms with E-state index in [0.717, 1.165) is 32.4 Å². The molecule has 1 aromatic heterocycles. The van der Waals surface area contributed by atoms with E-state index in [9.17, 15) is 4.79 Å². The molecule has 0 unspecified atom stereocenters. The first-order valence-electron chi connectivity index (χ1n) is 7.48. The molecule has 1 heterocycles. The summed E-state index contributed by atoms with van der Waals surface area (Å²) in [4.78, 5) is 14.3. The van der Waals surface area contributed by atoms with Crippen LogP contribution in [0.1, 0.15) is 57.4 Å². The third-order valence-corrected chi connectivity index (χ3v) is 3.13. The fourth-order valence-electron chi connectivity index (χ4n) is 2.00. The van der Waals surface area contributed by atoms with E-state index < -0.39 is 0 Å². The van der Waals surface area contributed by atoms with Gasteiger partial charge in [-0.1, -0.05) is 19.8 Å². The molecule has 0 aliphatic rings. The lowest BCUT2D eigenvalue weighted by Gasteiger charge is -2.26. The molecule has 112 valence electrons. The quantitative estimate of drug-likeness (QED) is 0.743. The second-order valence-corrected chi connectivity index (χ2v) is 5.13. The van der Waals surface area contributed by atoms with Gasteiger partial charge in [0.2, 0.25) is 0 Å². The predicted molar refractivity (Wildman–Crippen MR) is 81.9 cm³/mol.